The lowest BCUT2D eigenvalue weighted by Gasteiger charge is -2.43. The highest BCUT2D eigenvalue weighted by Crippen LogP contribution is 2.46. The van der Waals surface area contributed by atoms with Crippen molar-refractivity contribution in [3.63, 3.8) is 0 Å². The zero-order chi connectivity index (χ0) is 19.1. The second kappa shape index (κ2) is 6.86. The monoisotopic (exact) mass is 386 g/mol. The number of alkyl halides is 3. The van der Waals surface area contributed by atoms with Gasteiger partial charge in [-0.2, -0.15) is 13.2 Å². The van der Waals surface area contributed by atoms with Crippen molar-refractivity contribution >= 4 is 11.2 Å². The zero-order valence-corrected chi connectivity index (χ0v) is 15.6. The third-order valence-electron chi connectivity index (χ3n) is 4.92. The summed E-state index contributed by atoms with van der Waals surface area (Å²) in [6.45, 7) is 1.98. The molecule has 2 aromatic rings. The van der Waals surface area contributed by atoms with E-state index in [1.807, 2.05) is 6.92 Å². The maximum absolute atomic E-state index is 12.9. The molecule has 1 aromatic carbocycles. The molecule has 2 heterocycles. The summed E-state index contributed by atoms with van der Waals surface area (Å²) in [5.74, 6) is 0. The van der Waals surface area contributed by atoms with Crippen LogP contribution in [0.15, 0.2) is 30.5 Å². The molecule has 3 rings (SSSR count). The van der Waals surface area contributed by atoms with E-state index < -0.39 is 27.7 Å². The predicted octanol–water partition coefficient (Wildman–Crippen LogP) is 2.92. The van der Waals surface area contributed by atoms with Crippen molar-refractivity contribution in [1.82, 2.24) is 20.3 Å². The molecule has 26 heavy (non-hydrogen) atoms. The first-order valence-corrected chi connectivity index (χ1v) is 9.81. The van der Waals surface area contributed by atoms with E-state index in [0.717, 1.165) is 17.8 Å². The van der Waals surface area contributed by atoms with Crippen LogP contribution in [0.3, 0.4) is 0 Å². The maximum Gasteiger partial charge on any atom is 0.416 e. The molecule has 0 amide bonds. The van der Waals surface area contributed by atoms with Crippen LogP contribution in [0.25, 0.3) is 0 Å². The summed E-state index contributed by atoms with van der Waals surface area (Å²) in [5, 5.41) is 11.5. The molecule has 1 aliphatic rings. The lowest BCUT2D eigenvalue weighted by Crippen LogP contribution is -2.50. The Morgan fingerprint density at radius 2 is 1.92 bits per heavy atom. The number of piperidine rings is 1. The van der Waals surface area contributed by atoms with Gasteiger partial charge in [0.25, 0.3) is 0 Å². The molecule has 9 heteroatoms. The molecule has 0 bridgehead atoms. The van der Waals surface area contributed by atoms with Crippen molar-refractivity contribution in [3.8, 4) is 0 Å². The van der Waals surface area contributed by atoms with Gasteiger partial charge in [0, 0.05) is 37.7 Å². The fraction of sp³-hybridized carbons (Fsp3) is 0.529. The minimum absolute atomic E-state index is 0.0296. The molecule has 1 aromatic heterocycles. The number of rotatable bonds is 3. The lowest BCUT2D eigenvalue weighted by atomic mass is 9.81. The van der Waals surface area contributed by atoms with Crippen LogP contribution in [-0.2, 0) is 29.1 Å². The van der Waals surface area contributed by atoms with Crippen molar-refractivity contribution in [2.75, 3.05) is 6.26 Å². The van der Waals surface area contributed by atoms with Gasteiger partial charge in [-0.1, -0.05) is 17.3 Å². The second-order valence-corrected chi connectivity index (χ2v) is 8.56. The molecular formula is C17H21F3N4OS. The Bertz CT molecular complexity index is 762. The van der Waals surface area contributed by atoms with Gasteiger partial charge < -0.3 is 9.87 Å². The smallest absolute Gasteiger partial charge is 0.416 e. The van der Waals surface area contributed by atoms with E-state index in [1.54, 1.807) is 24.2 Å². The van der Waals surface area contributed by atoms with Gasteiger partial charge in [0.1, 0.15) is 0 Å². The minimum Gasteiger partial charge on any atom is -0.616 e. The van der Waals surface area contributed by atoms with Gasteiger partial charge in [-0.3, -0.25) is 4.68 Å². The molecule has 0 radical (unpaired) electrons. The average molecular weight is 386 g/mol. The highest BCUT2D eigenvalue weighted by molar-refractivity contribution is 7.91. The van der Waals surface area contributed by atoms with Crippen LogP contribution in [0.2, 0.25) is 0 Å². The number of aromatic nitrogens is 3. The van der Waals surface area contributed by atoms with E-state index in [9.17, 15) is 17.7 Å². The van der Waals surface area contributed by atoms with Crippen molar-refractivity contribution in [2.24, 2.45) is 7.05 Å². The Kier molecular flexibility index (Phi) is 5.06. The number of hydrogen-bond acceptors (Lipinski definition) is 4. The van der Waals surface area contributed by atoms with Crippen LogP contribution in [-0.4, -0.2) is 31.8 Å². The van der Waals surface area contributed by atoms with Crippen LogP contribution in [0.1, 0.15) is 42.6 Å². The van der Waals surface area contributed by atoms with Crippen molar-refractivity contribution in [1.29, 1.82) is 0 Å². The van der Waals surface area contributed by atoms with Crippen LogP contribution < -0.4 is 5.32 Å². The van der Waals surface area contributed by atoms with Crippen molar-refractivity contribution in [2.45, 2.75) is 42.8 Å². The van der Waals surface area contributed by atoms with Gasteiger partial charge in [0.15, 0.2) is 4.75 Å². The summed E-state index contributed by atoms with van der Waals surface area (Å²) < 4.78 is 52.2. The van der Waals surface area contributed by atoms with Crippen LogP contribution in [0.5, 0.6) is 0 Å². The van der Waals surface area contributed by atoms with Crippen LogP contribution in [0.4, 0.5) is 13.2 Å². The molecule has 5 nitrogen and oxygen atoms in total. The standard InChI is InChI=1S/C17H21F3N4OS/c1-11-8-16(26(3)25,9-14(21-11)15-10-24(2)23-22-15)12-4-6-13(7-5-12)17(18,19)20/h4-7,10-11,14,21H,8-9H2,1-3H3/t11-,14-,16-,26?/m0/s1. The molecule has 1 saturated heterocycles. The predicted molar refractivity (Wildman–Crippen MR) is 92.8 cm³/mol. The third kappa shape index (κ3) is 3.60. The van der Waals surface area contributed by atoms with E-state index in [4.69, 9.17) is 0 Å². The van der Waals surface area contributed by atoms with Gasteiger partial charge >= 0.3 is 6.18 Å². The summed E-state index contributed by atoms with van der Waals surface area (Å²) in [6.07, 6.45) is 0.0681. The SMILES string of the molecule is C[C@H]1C[C@](c2ccc(C(F)(F)F)cc2)([S+](C)[O-])C[C@@H](c2cn(C)nn2)N1. The fourth-order valence-corrected chi connectivity index (χ4v) is 5.04. The van der Waals surface area contributed by atoms with Gasteiger partial charge in [-0.05, 0) is 30.2 Å². The second-order valence-electron chi connectivity index (χ2n) is 6.87. The number of nitrogens with one attached hydrogen (secondary N) is 1. The first-order valence-electron chi connectivity index (χ1n) is 8.25. The Morgan fingerprint density at radius 3 is 2.42 bits per heavy atom. The Morgan fingerprint density at radius 1 is 1.27 bits per heavy atom. The van der Waals surface area contributed by atoms with Gasteiger partial charge in [-0.15, -0.1) is 5.10 Å². The van der Waals surface area contributed by atoms with Gasteiger partial charge in [0.05, 0.1) is 23.6 Å². The topological polar surface area (TPSA) is 65.8 Å². The summed E-state index contributed by atoms with van der Waals surface area (Å²) >= 11 is -1.27. The highest BCUT2D eigenvalue weighted by Gasteiger charge is 2.49. The van der Waals surface area contributed by atoms with E-state index in [-0.39, 0.29) is 12.1 Å². The lowest BCUT2D eigenvalue weighted by molar-refractivity contribution is -0.137. The summed E-state index contributed by atoms with van der Waals surface area (Å²) in [6, 6.07) is 4.90. The maximum atomic E-state index is 12.9. The van der Waals surface area contributed by atoms with Crippen molar-refractivity contribution in [3.05, 3.63) is 47.3 Å². The molecule has 0 spiro atoms. The molecule has 0 aliphatic carbocycles. The van der Waals surface area contributed by atoms with Crippen LogP contribution >= 0.6 is 0 Å². The highest BCUT2D eigenvalue weighted by atomic mass is 32.2. The molecule has 142 valence electrons. The van der Waals surface area contributed by atoms with E-state index in [1.165, 1.54) is 12.1 Å². The molecule has 1 fully saturated rings. The summed E-state index contributed by atoms with van der Waals surface area (Å²) in [7, 11) is 1.77. The Balaban J connectivity index is 1.98. The first kappa shape index (κ1) is 19.2. The van der Waals surface area contributed by atoms with E-state index >= 15 is 0 Å². The summed E-state index contributed by atoms with van der Waals surface area (Å²) in [4.78, 5) is 0. The number of hydrogen-bond donors (Lipinski definition) is 1. The van der Waals surface area contributed by atoms with E-state index in [2.05, 4.69) is 15.6 Å². The minimum atomic E-state index is -4.39. The zero-order valence-electron chi connectivity index (χ0n) is 14.7. The normalized spacial score (nSPS) is 28.1. The number of halogens is 3. The Labute approximate surface area is 153 Å². The first-order chi connectivity index (χ1) is 12.1. The number of nitrogens with zero attached hydrogens (tertiary/aromatic N) is 3. The molecule has 1 aliphatic heterocycles. The quantitative estimate of drug-likeness (QED) is 0.824. The average Bonchev–Trinajstić information content (AvgIpc) is 3.00. The summed E-state index contributed by atoms with van der Waals surface area (Å²) in [5.41, 5.74) is 0.695. The molecular weight excluding hydrogens is 365 g/mol. The molecule has 1 N–H and O–H groups in total. The van der Waals surface area contributed by atoms with E-state index in [0.29, 0.717) is 18.4 Å². The Hall–Kier alpha value is -1.58. The van der Waals surface area contributed by atoms with Crippen molar-refractivity contribution < 1.29 is 17.7 Å². The fourth-order valence-electron chi connectivity index (χ4n) is 3.68. The largest absolute Gasteiger partial charge is 0.616 e. The van der Waals surface area contributed by atoms with Gasteiger partial charge in [0.2, 0.25) is 0 Å². The third-order valence-corrected chi connectivity index (χ3v) is 6.59. The molecule has 1 unspecified atom stereocenters. The molecule has 4 atom stereocenters. The number of benzene rings is 1. The van der Waals surface area contributed by atoms with Crippen LogP contribution in [0, 0.1) is 0 Å². The van der Waals surface area contributed by atoms with Gasteiger partial charge in [-0.25, -0.2) is 0 Å². The molecule has 0 saturated carbocycles. The number of aryl methyl sites for hydroxylation is 1.